The molecule has 1 N–H and O–H groups in total. The predicted molar refractivity (Wildman–Crippen MR) is 85.8 cm³/mol. The van der Waals surface area contributed by atoms with Gasteiger partial charge in [0.1, 0.15) is 11.5 Å². The van der Waals surface area contributed by atoms with Crippen molar-refractivity contribution in [3.63, 3.8) is 0 Å². The highest BCUT2D eigenvalue weighted by Gasteiger charge is 2.46. The molecule has 0 aliphatic carbocycles. The normalized spacial score (nSPS) is 22.9. The third kappa shape index (κ3) is 3.38. The van der Waals surface area contributed by atoms with Crippen LogP contribution in [0.3, 0.4) is 0 Å². The van der Waals surface area contributed by atoms with Gasteiger partial charge in [0.2, 0.25) is 0 Å². The number of ether oxygens (including phenoxy) is 3. The maximum Gasteiger partial charge on any atom is 0.143 e. The summed E-state index contributed by atoms with van der Waals surface area (Å²) in [6.45, 7) is 8.41. The lowest BCUT2D eigenvalue weighted by atomic mass is 9.94. The van der Waals surface area contributed by atoms with Gasteiger partial charge in [0.25, 0.3) is 0 Å². The largest absolute Gasteiger partial charge is 0.495 e. The number of anilines is 1. The average molecular weight is 314 g/mol. The molecule has 0 bridgehead atoms. The minimum atomic E-state index is -0.263. The second kappa shape index (κ2) is 5.58. The van der Waals surface area contributed by atoms with Crippen LogP contribution in [-0.2, 0) is 4.74 Å². The van der Waals surface area contributed by atoms with Crippen molar-refractivity contribution in [1.82, 2.24) is 0 Å². The van der Waals surface area contributed by atoms with E-state index in [0.717, 1.165) is 12.1 Å². The van der Waals surface area contributed by atoms with Gasteiger partial charge in [-0.3, -0.25) is 0 Å². The third-order valence-electron chi connectivity index (χ3n) is 3.88. The van der Waals surface area contributed by atoms with Gasteiger partial charge >= 0.3 is 0 Å². The number of nitrogens with one attached hydrogen (secondary N) is 1. The van der Waals surface area contributed by atoms with Gasteiger partial charge in [-0.1, -0.05) is 11.6 Å². The summed E-state index contributed by atoms with van der Waals surface area (Å²) in [5, 5.41) is 4.05. The molecule has 0 amide bonds. The number of hydrogen-bond acceptors (Lipinski definition) is 4. The molecule has 4 nitrogen and oxygen atoms in total. The van der Waals surface area contributed by atoms with Crippen molar-refractivity contribution in [2.24, 2.45) is 0 Å². The monoisotopic (exact) mass is 313 g/mol. The van der Waals surface area contributed by atoms with Gasteiger partial charge in [-0.15, -0.1) is 0 Å². The van der Waals surface area contributed by atoms with E-state index < -0.39 is 0 Å². The van der Waals surface area contributed by atoms with Gasteiger partial charge < -0.3 is 19.5 Å². The highest BCUT2D eigenvalue weighted by atomic mass is 35.5. The minimum absolute atomic E-state index is 0.148. The van der Waals surface area contributed by atoms with Crippen molar-refractivity contribution < 1.29 is 14.2 Å². The summed E-state index contributed by atoms with van der Waals surface area (Å²) in [6.07, 6.45) is 0.911. The van der Waals surface area contributed by atoms with Crippen LogP contribution in [0.4, 0.5) is 5.69 Å². The molecule has 0 radical (unpaired) electrons. The number of hydrogen-bond donors (Lipinski definition) is 1. The van der Waals surface area contributed by atoms with Gasteiger partial charge in [0, 0.05) is 12.1 Å². The Labute approximate surface area is 131 Å². The van der Waals surface area contributed by atoms with Crippen molar-refractivity contribution in [1.29, 1.82) is 0 Å². The smallest absolute Gasteiger partial charge is 0.143 e. The fraction of sp³-hybridized carbons (Fsp3) is 0.625. The molecule has 21 heavy (non-hydrogen) atoms. The fourth-order valence-electron chi connectivity index (χ4n) is 2.95. The van der Waals surface area contributed by atoms with Gasteiger partial charge in [-0.05, 0) is 34.1 Å². The minimum Gasteiger partial charge on any atom is -0.495 e. The molecule has 1 atom stereocenters. The first-order valence-electron chi connectivity index (χ1n) is 7.07. The van der Waals surface area contributed by atoms with Crippen LogP contribution >= 0.6 is 11.6 Å². The van der Waals surface area contributed by atoms with E-state index in [2.05, 4.69) is 33.0 Å². The molecule has 1 unspecified atom stereocenters. The molecular weight excluding hydrogens is 290 g/mol. The molecule has 1 heterocycles. The Balaban J connectivity index is 2.31. The van der Waals surface area contributed by atoms with Crippen LogP contribution in [0.15, 0.2) is 12.1 Å². The molecule has 1 fully saturated rings. The molecule has 0 saturated carbocycles. The number of methoxy groups -OCH3 is 2. The van der Waals surface area contributed by atoms with Gasteiger partial charge in [0.15, 0.2) is 0 Å². The first-order valence-corrected chi connectivity index (χ1v) is 7.44. The SMILES string of the molecule is COc1cc(NC2CC(C)(C)OC2(C)C)c(OC)cc1Cl. The molecule has 1 saturated heterocycles. The molecule has 1 aliphatic rings. The summed E-state index contributed by atoms with van der Waals surface area (Å²) in [4.78, 5) is 0. The Bertz CT molecular complexity index is 528. The van der Waals surface area contributed by atoms with Crippen LogP contribution in [0, 0.1) is 0 Å². The first-order chi connectivity index (χ1) is 9.68. The number of rotatable bonds is 4. The van der Waals surface area contributed by atoms with Gasteiger partial charge in [-0.25, -0.2) is 0 Å². The van der Waals surface area contributed by atoms with E-state index in [0.29, 0.717) is 16.5 Å². The summed E-state index contributed by atoms with van der Waals surface area (Å²) in [5.41, 5.74) is 0.449. The summed E-state index contributed by atoms with van der Waals surface area (Å²) in [5.74, 6) is 1.32. The molecule has 1 aromatic rings. The van der Waals surface area contributed by atoms with Crippen molar-refractivity contribution in [3.8, 4) is 11.5 Å². The second-order valence-electron chi connectivity index (χ2n) is 6.55. The summed E-state index contributed by atoms with van der Waals surface area (Å²) in [6, 6.07) is 3.80. The third-order valence-corrected chi connectivity index (χ3v) is 4.17. The highest BCUT2D eigenvalue weighted by Crippen LogP contribution is 2.42. The topological polar surface area (TPSA) is 39.7 Å². The standard InChI is InChI=1S/C16H24ClNO3/c1-15(2)9-14(16(3,4)21-15)18-11-8-12(19-5)10(17)7-13(11)20-6/h7-8,14,18H,9H2,1-6H3. The van der Waals surface area contributed by atoms with Crippen LogP contribution < -0.4 is 14.8 Å². The molecule has 5 heteroatoms. The van der Waals surface area contributed by atoms with Gasteiger partial charge in [0.05, 0.1) is 42.2 Å². The van der Waals surface area contributed by atoms with E-state index in [9.17, 15) is 0 Å². The zero-order chi connectivity index (χ0) is 15.8. The molecule has 0 aromatic heterocycles. The lowest BCUT2D eigenvalue weighted by Gasteiger charge is -2.29. The Morgan fingerprint density at radius 3 is 2.24 bits per heavy atom. The van der Waals surface area contributed by atoms with E-state index in [-0.39, 0.29) is 17.2 Å². The van der Waals surface area contributed by atoms with Crippen molar-refractivity contribution in [2.75, 3.05) is 19.5 Å². The van der Waals surface area contributed by atoms with Crippen LogP contribution in [0.1, 0.15) is 34.1 Å². The number of benzene rings is 1. The Morgan fingerprint density at radius 2 is 1.76 bits per heavy atom. The van der Waals surface area contributed by atoms with Crippen molar-refractivity contribution in [2.45, 2.75) is 51.4 Å². The predicted octanol–water partition coefficient (Wildman–Crippen LogP) is 4.12. The zero-order valence-electron chi connectivity index (χ0n) is 13.5. The Hall–Kier alpha value is -1.13. The van der Waals surface area contributed by atoms with Crippen LogP contribution in [-0.4, -0.2) is 31.5 Å². The molecular formula is C16H24ClNO3. The molecule has 118 valence electrons. The average Bonchev–Trinajstić information content (AvgIpc) is 2.58. The highest BCUT2D eigenvalue weighted by molar-refractivity contribution is 6.32. The maximum atomic E-state index is 6.14. The first kappa shape index (κ1) is 16.2. The summed E-state index contributed by atoms with van der Waals surface area (Å²) < 4.78 is 16.8. The van der Waals surface area contributed by atoms with E-state index in [1.54, 1.807) is 20.3 Å². The van der Waals surface area contributed by atoms with Crippen LogP contribution in [0.5, 0.6) is 11.5 Å². The zero-order valence-corrected chi connectivity index (χ0v) is 14.3. The van der Waals surface area contributed by atoms with E-state index in [1.807, 2.05) is 6.07 Å². The Kier molecular flexibility index (Phi) is 4.31. The number of halogens is 1. The molecule has 1 aliphatic heterocycles. The van der Waals surface area contributed by atoms with Crippen LogP contribution in [0.25, 0.3) is 0 Å². The maximum absolute atomic E-state index is 6.14. The van der Waals surface area contributed by atoms with E-state index in [1.165, 1.54) is 0 Å². The molecule has 1 aromatic carbocycles. The quantitative estimate of drug-likeness (QED) is 0.908. The Morgan fingerprint density at radius 1 is 1.14 bits per heavy atom. The van der Waals surface area contributed by atoms with Crippen LogP contribution in [0.2, 0.25) is 5.02 Å². The summed E-state index contributed by atoms with van der Waals surface area (Å²) in [7, 11) is 3.23. The van der Waals surface area contributed by atoms with Crippen molar-refractivity contribution in [3.05, 3.63) is 17.2 Å². The van der Waals surface area contributed by atoms with Crippen molar-refractivity contribution >= 4 is 17.3 Å². The van der Waals surface area contributed by atoms with E-state index in [4.69, 9.17) is 25.8 Å². The molecule has 2 rings (SSSR count). The second-order valence-corrected chi connectivity index (χ2v) is 6.96. The lowest BCUT2D eigenvalue weighted by molar-refractivity contribution is -0.0662. The fourth-order valence-corrected chi connectivity index (χ4v) is 3.18. The lowest BCUT2D eigenvalue weighted by Crippen LogP contribution is -2.38. The molecule has 0 spiro atoms. The van der Waals surface area contributed by atoms with Gasteiger partial charge in [-0.2, -0.15) is 0 Å². The summed E-state index contributed by atoms with van der Waals surface area (Å²) >= 11 is 6.14. The van der Waals surface area contributed by atoms with E-state index >= 15 is 0 Å².